The average Bonchev–Trinajstić information content (AvgIpc) is 1.81. The number of aliphatic carboxylic acids is 2. The number of nitrogens with zero attached hydrogens (tertiary/aromatic N) is 1. The van der Waals surface area contributed by atoms with Gasteiger partial charge in [0.2, 0.25) is 0 Å². The second kappa shape index (κ2) is 3.86. The molecule has 0 aromatic heterocycles. The highest BCUT2D eigenvalue weighted by molar-refractivity contribution is 5.80. The topological polar surface area (TPSA) is 118 Å². The smallest absolute Gasteiger partial charge is 0.326 e. The van der Waals surface area contributed by atoms with Gasteiger partial charge in [-0.3, -0.25) is 20.0 Å². The number of hydrogen-bond acceptors (Lipinski definition) is 5. The Morgan fingerprint density at radius 1 is 1.27 bits per heavy atom. The van der Waals surface area contributed by atoms with E-state index in [9.17, 15) is 9.59 Å². The maximum absolute atomic E-state index is 10.1. The van der Waals surface area contributed by atoms with Crippen molar-refractivity contribution in [1.82, 2.24) is 5.23 Å². The van der Waals surface area contributed by atoms with Crippen molar-refractivity contribution in [1.29, 1.82) is 0 Å². The van der Waals surface area contributed by atoms with Crippen molar-refractivity contribution in [2.45, 2.75) is 12.5 Å². The third-order valence-corrected chi connectivity index (χ3v) is 0.932. The van der Waals surface area contributed by atoms with Crippen LogP contribution in [-0.4, -0.2) is 43.8 Å². The summed E-state index contributed by atoms with van der Waals surface area (Å²) in [6.45, 7) is 0. The quantitative estimate of drug-likeness (QED) is 0.394. The third kappa shape index (κ3) is 3.50. The van der Waals surface area contributed by atoms with Gasteiger partial charge in [-0.1, -0.05) is 5.23 Å². The van der Waals surface area contributed by atoms with E-state index in [1.54, 1.807) is 0 Å². The molecule has 0 saturated carbocycles. The van der Waals surface area contributed by atoms with Gasteiger partial charge >= 0.3 is 11.9 Å². The zero-order chi connectivity index (χ0) is 9.02. The first-order chi connectivity index (χ1) is 4.95. The summed E-state index contributed by atoms with van der Waals surface area (Å²) in [5.41, 5.74) is 0. The van der Waals surface area contributed by atoms with Crippen LogP contribution in [0.25, 0.3) is 0 Å². The Balaban J connectivity index is 4.12. The molecule has 4 N–H and O–H groups in total. The summed E-state index contributed by atoms with van der Waals surface area (Å²) in [5, 5.41) is 31.9. The largest absolute Gasteiger partial charge is 0.481 e. The second-order valence-corrected chi connectivity index (χ2v) is 1.77. The molecule has 0 aliphatic rings. The normalized spacial score (nSPS) is 13.0. The molecule has 0 radical (unpaired) electrons. The van der Waals surface area contributed by atoms with Crippen molar-refractivity contribution in [3.8, 4) is 0 Å². The summed E-state index contributed by atoms with van der Waals surface area (Å²) >= 11 is 0. The molecule has 0 amide bonds. The van der Waals surface area contributed by atoms with E-state index < -0.39 is 29.6 Å². The van der Waals surface area contributed by atoms with Gasteiger partial charge in [0.15, 0.2) is 6.04 Å². The first kappa shape index (κ1) is 9.82. The van der Waals surface area contributed by atoms with Gasteiger partial charge in [0.25, 0.3) is 0 Å². The molecule has 0 saturated heterocycles. The zero-order valence-corrected chi connectivity index (χ0v) is 5.34. The molecular formula is C4H7NO6. The van der Waals surface area contributed by atoms with E-state index in [0.717, 1.165) is 0 Å². The van der Waals surface area contributed by atoms with Crippen LogP contribution >= 0.6 is 0 Å². The van der Waals surface area contributed by atoms with Gasteiger partial charge in [0, 0.05) is 0 Å². The fraction of sp³-hybridized carbons (Fsp3) is 0.500. The minimum atomic E-state index is -1.83. The first-order valence-corrected chi connectivity index (χ1v) is 2.56. The van der Waals surface area contributed by atoms with Gasteiger partial charge in [-0.15, -0.1) is 0 Å². The Morgan fingerprint density at radius 3 is 1.82 bits per heavy atom. The molecular weight excluding hydrogens is 158 g/mol. The molecule has 1 atom stereocenters. The molecule has 1 unspecified atom stereocenters. The van der Waals surface area contributed by atoms with E-state index >= 15 is 0 Å². The summed E-state index contributed by atoms with van der Waals surface area (Å²) in [6.07, 6.45) is -0.873. The number of carboxylic acids is 2. The fourth-order valence-electron chi connectivity index (χ4n) is 0.433. The van der Waals surface area contributed by atoms with E-state index in [2.05, 4.69) is 0 Å². The molecule has 0 aliphatic carbocycles. The molecule has 11 heavy (non-hydrogen) atoms. The number of hydroxylamine groups is 2. The van der Waals surface area contributed by atoms with Crippen molar-refractivity contribution in [3.63, 3.8) is 0 Å². The van der Waals surface area contributed by atoms with Crippen LogP contribution in [0.3, 0.4) is 0 Å². The maximum Gasteiger partial charge on any atom is 0.326 e. The van der Waals surface area contributed by atoms with Crippen LogP contribution in [-0.2, 0) is 9.59 Å². The minimum absolute atomic E-state index is 0.642. The SMILES string of the molecule is O=C(O)CC(C(=O)O)N(O)O. The highest BCUT2D eigenvalue weighted by Gasteiger charge is 2.26. The van der Waals surface area contributed by atoms with Gasteiger partial charge in [-0.25, -0.2) is 0 Å². The first-order valence-electron chi connectivity index (χ1n) is 2.56. The van der Waals surface area contributed by atoms with E-state index in [4.69, 9.17) is 20.6 Å². The molecule has 0 aromatic rings. The van der Waals surface area contributed by atoms with Gasteiger partial charge in [0.05, 0.1) is 6.42 Å². The summed E-state index contributed by atoms with van der Waals surface area (Å²) in [6, 6.07) is -1.83. The standard InChI is InChI=1S/C4H7NO6/c6-3(7)1-2(4(8)9)5(10)11/h2,10-11H,1H2,(H,6,7)(H,8,9). The van der Waals surface area contributed by atoms with Crippen LogP contribution in [0.1, 0.15) is 6.42 Å². The molecule has 0 spiro atoms. The zero-order valence-electron chi connectivity index (χ0n) is 5.34. The molecule has 0 fully saturated rings. The van der Waals surface area contributed by atoms with Gasteiger partial charge in [-0.05, 0) is 0 Å². The van der Waals surface area contributed by atoms with E-state index in [-0.39, 0.29) is 0 Å². The lowest BCUT2D eigenvalue weighted by Gasteiger charge is -2.12. The number of hydrogen-bond donors (Lipinski definition) is 4. The molecule has 0 aromatic carbocycles. The highest BCUT2D eigenvalue weighted by atomic mass is 16.8. The molecule has 7 heteroatoms. The van der Waals surface area contributed by atoms with Crippen LogP contribution in [0.5, 0.6) is 0 Å². The van der Waals surface area contributed by atoms with Crippen molar-refractivity contribution in [3.05, 3.63) is 0 Å². The molecule has 0 aliphatic heterocycles. The molecule has 0 rings (SSSR count). The number of carboxylic acid groups (broad SMARTS) is 2. The van der Waals surface area contributed by atoms with Gasteiger partial charge in [-0.2, -0.15) is 0 Å². The summed E-state index contributed by atoms with van der Waals surface area (Å²) in [4.78, 5) is 20.0. The fourth-order valence-corrected chi connectivity index (χ4v) is 0.433. The Bertz CT molecular complexity index is 166. The minimum Gasteiger partial charge on any atom is -0.481 e. The second-order valence-electron chi connectivity index (χ2n) is 1.77. The van der Waals surface area contributed by atoms with E-state index in [0.29, 0.717) is 0 Å². The van der Waals surface area contributed by atoms with E-state index in [1.807, 2.05) is 0 Å². The lowest BCUT2D eigenvalue weighted by molar-refractivity contribution is -0.327. The summed E-state index contributed by atoms with van der Waals surface area (Å²) < 4.78 is 0. The van der Waals surface area contributed by atoms with Gasteiger partial charge < -0.3 is 10.2 Å². The molecule has 64 valence electrons. The van der Waals surface area contributed by atoms with Crippen LogP contribution in [0.2, 0.25) is 0 Å². The average molecular weight is 165 g/mol. The highest BCUT2D eigenvalue weighted by Crippen LogP contribution is 1.98. The monoisotopic (exact) mass is 165 g/mol. The summed E-state index contributed by atoms with van der Waals surface area (Å²) in [5.74, 6) is -3.04. The molecule has 0 heterocycles. The Morgan fingerprint density at radius 2 is 1.73 bits per heavy atom. The van der Waals surface area contributed by atoms with Crippen molar-refractivity contribution < 1.29 is 30.2 Å². The Labute approximate surface area is 61.0 Å². The Hall–Kier alpha value is -1.18. The van der Waals surface area contributed by atoms with Crippen LogP contribution in [0.4, 0.5) is 0 Å². The third-order valence-electron chi connectivity index (χ3n) is 0.932. The number of carbonyl (C=O) groups is 2. The van der Waals surface area contributed by atoms with Crippen LogP contribution < -0.4 is 0 Å². The summed E-state index contributed by atoms with van der Waals surface area (Å²) in [7, 11) is 0. The lowest BCUT2D eigenvalue weighted by atomic mass is 10.2. The van der Waals surface area contributed by atoms with Gasteiger partial charge in [0.1, 0.15) is 0 Å². The lowest BCUT2D eigenvalue weighted by Crippen LogP contribution is -2.38. The maximum atomic E-state index is 10.1. The predicted molar refractivity (Wildman–Crippen MR) is 29.1 cm³/mol. The van der Waals surface area contributed by atoms with Crippen LogP contribution in [0.15, 0.2) is 0 Å². The molecule has 0 bridgehead atoms. The Kier molecular flexibility index (Phi) is 3.45. The van der Waals surface area contributed by atoms with Crippen molar-refractivity contribution in [2.24, 2.45) is 0 Å². The predicted octanol–water partition coefficient (Wildman–Crippen LogP) is -1.01. The molecule has 7 nitrogen and oxygen atoms in total. The van der Waals surface area contributed by atoms with Crippen molar-refractivity contribution >= 4 is 11.9 Å². The van der Waals surface area contributed by atoms with E-state index in [1.165, 1.54) is 0 Å². The van der Waals surface area contributed by atoms with Crippen LogP contribution in [0, 0.1) is 0 Å². The van der Waals surface area contributed by atoms with Crippen molar-refractivity contribution in [2.75, 3.05) is 0 Å². The number of rotatable bonds is 4.